The van der Waals surface area contributed by atoms with Crippen molar-refractivity contribution < 1.29 is 9.28 Å². The Bertz CT molecular complexity index is 354. The van der Waals surface area contributed by atoms with Crippen LogP contribution in [0, 0.1) is 0 Å². The molecule has 0 saturated heterocycles. The van der Waals surface area contributed by atoms with E-state index in [1.807, 2.05) is 0 Å². The largest absolute Gasteiger partial charge is 0.294 e. The van der Waals surface area contributed by atoms with E-state index in [1.54, 1.807) is 0 Å². The van der Waals surface area contributed by atoms with Crippen molar-refractivity contribution in [1.82, 2.24) is 0 Å². The number of rotatable bonds is 2. The number of carbonyl (C=O) groups is 1. The molecule has 13 heavy (non-hydrogen) atoms. The van der Waals surface area contributed by atoms with Crippen molar-refractivity contribution in [2.75, 3.05) is 5.54 Å². The summed E-state index contributed by atoms with van der Waals surface area (Å²) in [6, 6.07) is 2.59. The highest BCUT2D eigenvalue weighted by Crippen LogP contribution is 2.29. The van der Waals surface area contributed by atoms with Crippen molar-refractivity contribution >= 4 is 34.7 Å². The van der Waals surface area contributed by atoms with E-state index in [1.165, 1.54) is 24.6 Å². The first-order valence-corrected chi connectivity index (χ1v) is 4.18. The van der Waals surface area contributed by atoms with Crippen molar-refractivity contribution in [3.05, 3.63) is 27.7 Å². The van der Waals surface area contributed by atoms with Crippen molar-refractivity contribution in [3.8, 4) is 0 Å². The molecular formula is C8H6Cl2FNO. The van der Waals surface area contributed by atoms with Gasteiger partial charge in [0.1, 0.15) is 0 Å². The van der Waals surface area contributed by atoms with E-state index in [0.717, 1.165) is 0 Å². The molecule has 0 aliphatic heterocycles. The third kappa shape index (κ3) is 2.11. The lowest BCUT2D eigenvalue weighted by atomic mass is 10.1. The predicted molar refractivity (Wildman–Crippen MR) is 51.2 cm³/mol. The van der Waals surface area contributed by atoms with Crippen LogP contribution in [0.15, 0.2) is 12.1 Å². The van der Waals surface area contributed by atoms with E-state index in [2.05, 4.69) is 0 Å². The molecule has 2 nitrogen and oxygen atoms in total. The number of nitrogens with one attached hydrogen (secondary N) is 1. The summed E-state index contributed by atoms with van der Waals surface area (Å²) in [5.74, 6) is -0.238. The number of halogens is 3. The Labute approximate surface area is 84.6 Å². The van der Waals surface area contributed by atoms with Crippen LogP contribution < -0.4 is 5.54 Å². The molecule has 0 amide bonds. The van der Waals surface area contributed by atoms with Crippen LogP contribution in [-0.2, 0) is 0 Å². The monoisotopic (exact) mass is 221 g/mol. The van der Waals surface area contributed by atoms with E-state index < -0.39 is 0 Å². The van der Waals surface area contributed by atoms with E-state index >= 15 is 0 Å². The van der Waals surface area contributed by atoms with Gasteiger partial charge in [-0.3, -0.25) is 4.79 Å². The summed E-state index contributed by atoms with van der Waals surface area (Å²) in [5.41, 5.74) is 1.66. The molecule has 1 aromatic rings. The second-order valence-corrected chi connectivity index (χ2v) is 3.28. The smallest absolute Gasteiger partial charge is 0.161 e. The Morgan fingerprint density at radius 1 is 1.38 bits per heavy atom. The van der Waals surface area contributed by atoms with Gasteiger partial charge in [0, 0.05) is 5.56 Å². The zero-order valence-corrected chi connectivity index (χ0v) is 8.21. The maximum Gasteiger partial charge on any atom is 0.161 e. The fraction of sp³-hybridized carbons (Fsp3) is 0.125. The van der Waals surface area contributed by atoms with Gasteiger partial charge in [-0.1, -0.05) is 23.2 Å². The molecule has 0 aromatic heterocycles. The predicted octanol–water partition coefficient (Wildman–Crippen LogP) is 3.49. The zero-order chi connectivity index (χ0) is 10.0. The lowest BCUT2D eigenvalue weighted by Gasteiger charge is -2.04. The molecule has 0 heterocycles. The van der Waals surface area contributed by atoms with E-state index in [4.69, 9.17) is 23.2 Å². The summed E-state index contributed by atoms with van der Waals surface area (Å²) in [7, 11) is 0. The lowest BCUT2D eigenvalue weighted by molar-refractivity contribution is 0.101. The fourth-order valence-corrected chi connectivity index (χ4v) is 1.44. The quantitative estimate of drug-likeness (QED) is 0.612. The Hall–Kier alpha value is -0.800. The summed E-state index contributed by atoms with van der Waals surface area (Å²) in [6.45, 7) is 1.34. The van der Waals surface area contributed by atoms with Gasteiger partial charge in [-0.2, -0.15) is 0 Å². The standard InChI is InChI=1S/C8H6Cl2FNO/c1-4(13)5-2-8(12-11)7(10)3-6(5)9/h2-3,12H,1H3. The van der Waals surface area contributed by atoms with Gasteiger partial charge in [0.05, 0.1) is 15.7 Å². The summed E-state index contributed by atoms with van der Waals surface area (Å²) >= 11 is 11.3. The Balaban J connectivity index is 3.30. The molecule has 70 valence electrons. The van der Waals surface area contributed by atoms with Gasteiger partial charge in [0.15, 0.2) is 5.78 Å². The van der Waals surface area contributed by atoms with Gasteiger partial charge in [0.2, 0.25) is 0 Å². The zero-order valence-electron chi connectivity index (χ0n) is 6.70. The molecule has 0 spiro atoms. The average Bonchev–Trinajstić information content (AvgIpc) is 2.03. The molecule has 0 fully saturated rings. The number of hydrogen-bond acceptors (Lipinski definition) is 2. The Morgan fingerprint density at radius 3 is 2.46 bits per heavy atom. The molecule has 0 aliphatic rings. The summed E-state index contributed by atoms with van der Waals surface area (Å²) in [4.78, 5) is 11.0. The first-order valence-electron chi connectivity index (χ1n) is 3.43. The molecular weight excluding hydrogens is 216 g/mol. The van der Waals surface area contributed by atoms with E-state index in [0.29, 0.717) is 0 Å². The van der Waals surface area contributed by atoms with Gasteiger partial charge in [0.25, 0.3) is 0 Å². The van der Waals surface area contributed by atoms with Gasteiger partial charge < -0.3 is 0 Å². The lowest BCUT2D eigenvalue weighted by Crippen LogP contribution is -1.95. The van der Waals surface area contributed by atoms with Crippen LogP contribution in [0.2, 0.25) is 10.0 Å². The second kappa shape index (κ2) is 3.94. The summed E-state index contributed by atoms with van der Waals surface area (Å²) < 4.78 is 12.1. The first-order chi connectivity index (χ1) is 6.06. The minimum Gasteiger partial charge on any atom is -0.294 e. The summed E-state index contributed by atoms with van der Waals surface area (Å²) in [6.07, 6.45) is 0. The normalized spacial score (nSPS) is 9.85. The SMILES string of the molecule is CC(=O)c1cc(NF)c(Cl)cc1Cl. The summed E-state index contributed by atoms with van der Waals surface area (Å²) in [5, 5.41) is 0.356. The first kappa shape index (κ1) is 10.3. The van der Waals surface area contributed by atoms with Crippen LogP contribution in [0.4, 0.5) is 10.2 Å². The molecule has 0 atom stereocenters. The number of Topliss-reactive ketones (excluding diaryl/α,β-unsaturated/α-hetero) is 1. The minimum atomic E-state index is -0.238. The van der Waals surface area contributed by atoms with Gasteiger partial charge in [-0.15, -0.1) is 4.48 Å². The number of carbonyl (C=O) groups excluding carboxylic acids is 1. The Morgan fingerprint density at radius 2 is 2.00 bits per heavy atom. The van der Waals surface area contributed by atoms with Crippen LogP contribution in [0.25, 0.3) is 0 Å². The topological polar surface area (TPSA) is 29.1 Å². The molecule has 0 bridgehead atoms. The van der Waals surface area contributed by atoms with Crippen molar-refractivity contribution in [2.24, 2.45) is 0 Å². The van der Waals surface area contributed by atoms with Gasteiger partial charge in [-0.05, 0) is 19.1 Å². The van der Waals surface area contributed by atoms with Gasteiger partial charge >= 0.3 is 0 Å². The average molecular weight is 222 g/mol. The molecule has 0 aliphatic carbocycles. The molecule has 0 radical (unpaired) electrons. The van der Waals surface area contributed by atoms with Crippen molar-refractivity contribution in [2.45, 2.75) is 6.92 Å². The van der Waals surface area contributed by atoms with Crippen LogP contribution in [0.3, 0.4) is 0 Å². The third-order valence-electron chi connectivity index (χ3n) is 1.54. The third-order valence-corrected chi connectivity index (χ3v) is 2.16. The minimum absolute atomic E-state index is 0.0382. The molecule has 0 saturated carbocycles. The molecule has 1 rings (SSSR count). The van der Waals surface area contributed by atoms with Crippen LogP contribution in [0.5, 0.6) is 0 Å². The van der Waals surface area contributed by atoms with E-state index in [9.17, 15) is 9.28 Å². The van der Waals surface area contributed by atoms with Crippen LogP contribution >= 0.6 is 23.2 Å². The number of benzene rings is 1. The highest BCUT2D eigenvalue weighted by molar-refractivity contribution is 6.38. The molecule has 1 aromatic carbocycles. The Kier molecular flexibility index (Phi) is 3.12. The highest BCUT2D eigenvalue weighted by Gasteiger charge is 2.10. The maximum absolute atomic E-state index is 12.1. The van der Waals surface area contributed by atoms with Crippen LogP contribution in [-0.4, -0.2) is 5.78 Å². The number of hydrogen-bond donors (Lipinski definition) is 1. The number of anilines is 1. The van der Waals surface area contributed by atoms with Crippen LogP contribution in [0.1, 0.15) is 17.3 Å². The maximum atomic E-state index is 12.1. The van der Waals surface area contributed by atoms with Crippen molar-refractivity contribution in [1.29, 1.82) is 0 Å². The van der Waals surface area contributed by atoms with Gasteiger partial charge in [-0.25, -0.2) is 5.54 Å². The highest BCUT2D eigenvalue weighted by atomic mass is 35.5. The van der Waals surface area contributed by atoms with Crippen molar-refractivity contribution in [3.63, 3.8) is 0 Å². The molecule has 1 N–H and O–H groups in total. The fourth-order valence-electron chi connectivity index (χ4n) is 0.891. The number of ketones is 1. The second-order valence-electron chi connectivity index (χ2n) is 2.46. The molecule has 5 heteroatoms. The van der Waals surface area contributed by atoms with E-state index in [-0.39, 0.29) is 27.1 Å². The molecule has 0 unspecified atom stereocenters.